The fourth-order valence-corrected chi connectivity index (χ4v) is 3.61. The fourth-order valence-electron chi connectivity index (χ4n) is 3.49. The van der Waals surface area contributed by atoms with Gasteiger partial charge in [0.2, 0.25) is 0 Å². The van der Waals surface area contributed by atoms with Crippen molar-refractivity contribution in [1.29, 1.82) is 0 Å². The molecular weight excluding hydrogens is 410 g/mol. The van der Waals surface area contributed by atoms with E-state index in [2.05, 4.69) is 27.1 Å². The van der Waals surface area contributed by atoms with Gasteiger partial charge in [-0.2, -0.15) is 5.10 Å². The molecule has 1 aliphatic rings. The molecule has 0 amide bonds. The molecule has 6 heteroatoms. The first-order valence-electron chi connectivity index (χ1n) is 10.4. The van der Waals surface area contributed by atoms with Gasteiger partial charge in [-0.1, -0.05) is 41.9 Å². The summed E-state index contributed by atoms with van der Waals surface area (Å²) in [5.41, 5.74) is 3.29. The first kappa shape index (κ1) is 21.1. The van der Waals surface area contributed by atoms with Crippen molar-refractivity contribution in [2.24, 2.45) is 5.10 Å². The van der Waals surface area contributed by atoms with Gasteiger partial charge in [0.1, 0.15) is 6.61 Å². The molecule has 1 heterocycles. The molecule has 0 saturated carbocycles. The highest BCUT2D eigenvalue weighted by Gasteiger charge is 2.15. The van der Waals surface area contributed by atoms with Crippen LogP contribution in [0.1, 0.15) is 11.1 Å². The van der Waals surface area contributed by atoms with E-state index in [-0.39, 0.29) is 0 Å². The Labute approximate surface area is 188 Å². The van der Waals surface area contributed by atoms with Crippen LogP contribution in [0.25, 0.3) is 0 Å². The summed E-state index contributed by atoms with van der Waals surface area (Å²) in [4.78, 5) is 2.35. The molecule has 0 bridgehead atoms. The monoisotopic (exact) mass is 435 g/mol. The quantitative estimate of drug-likeness (QED) is 0.485. The normalized spacial score (nSPS) is 14.1. The number of anilines is 1. The molecule has 0 aliphatic carbocycles. The zero-order valence-corrected chi connectivity index (χ0v) is 18.3. The maximum atomic E-state index is 5.99. The van der Waals surface area contributed by atoms with E-state index in [1.54, 1.807) is 7.11 Å². The molecule has 0 atom stereocenters. The summed E-state index contributed by atoms with van der Waals surface area (Å²) in [5.74, 6) is 1.42. The third-order valence-corrected chi connectivity index (χ3v) is 5.49. The maximum Gasteiger partial charge on any atom is 0.161 e. The molecule has 1 saturated heterocycles. The van der Waals surface area contributed by atoms with Crippen molar-refractivity contribution in [3.8, 4) is 11.5 Å². The largest absolute Gasteiger partial charge is 0.493 e. The number of benzene rings is 3. The lowest BCUT2D eigenvalue weighted by Crippen LogP contribution is -2.44. The molecule has 0 aromatic heterocycles. The number of hydrogen-bond acceptors (Lipinski definition) is 5. The van der Waals surface area contributed by atoms with Crippen molar-refractivity contribution in [1.82, 2.24) is 5.01 Å². The van der Waals surface area contributed by atoms with Crippen LogP contribution in [0.15, 0.2) is 77.9 Å². The topological polar surface area (TPSA) is 37.3 Å². The Morgan fingerprint density at radius 3 is 2.35 bits per heavy atom. The smallest absolute Gasteiger partial charge is 0.161 e. The van der Waals surface area contributed by atoms with Crippen LogP contribution in [0.4, 0.5) is 5.69 Å². The lowest BCUT2D eigenvalue weighted by Gasteiger charge is -2.34. The maximum absolute atomic E-state index is 5.99. The molecular formula is C25H26ClN3O2. The first-order chi connectivity index (χ1) is 15.2. The van der Waals surface area contributed by atoms with Gasteiger partial charge in [0.25, 0.3) is 0 Å². The van der Waals surface area contributed by atoms with Crippen molar-refractivity contribution in [3.63, 3.8) is 0 Å². The van der Waals surface area contributed by atoms with Gasteiger partial charge in [-0.3, -0.25) is 5.01 Å². The summed E-state index contributed by atoms with van der Waals surface area (Å²) in [5, 5.41) is 7.52. The molecule has 0 unspecified atom stereocenters. The number of nitrogens with zero attached hydrogens (tertiary/aromatic N) is 3. The molecule has 5 nitrogen and oxygen atoms in total. The summed E-state index contributed by atoms with van der Waals surface area (Å²) < 4.78 is 11.5. The fraction of sp³-hybridized carbons (Fsp3) is 0.240. The highest BCUT2D eigenvalue weighted by molar-refractivity contribution is 6.30. The van der Waals surface area contributed by atoms with Gasteiger partial charge < -0.3 is 14.4 Å². The Hall–Kier alpha value is -3.18. The SMILES string of the molecule is COc1cc(/C=N\N2CCN(c3ccc(Cl)cc3)CC2)ccc1OCc1ccccc1. The van der Waals surface area contributed by atoms with Crippen molar-refractivity contribution >= 4 is 23.5 Å². The average molecular weight is 436 g/mol. The lowest BCUT2D eigenvalue weighted by molar-refractivity contribution is 0.272. The van der Waals surface area contributed by atoms with E-state index in [4.69, 9.17) is 21.1 Å². The minimum Gasteiger partial charge on any atom is -0.493 e. The van der Waals surface area contributed by atoms with Crippen LogP contribution >= 0.6 is 11.6 Å². The van der Waals surface area contributed by atoms with E-state index in [1.165, 1.54) is 5.69 Å². The van der Waals surface area contributed by atoms with Gasteiger partial charge >= 0.3 is 0 Å². The van der Waals surface area contributed by atoms with Crippen LogP contribution < -0.4 is 14.4 Å². The molecule has 4 rings (SSSR count). The summed E-state index contributed by atoms with van der Waals surface area (Å²) in [6.45, 7) is 4.09. The number of piperazine rings is 1. The van der Waals surface area contributed by atoms with Crippen LogP contribution in [-0.4, -0.2) is 44.5 Å². The second-order valence-electron chi connectivity index (χ2n) is 7.35. The van der Waals surface area contributed by atoms with E-state index in [9.17, 15) is 0 Å². The van der Waals surface area contributed by atoms with Gasteiger partial charge in [0.15, 0.2) is 11.5 Å². The highest BCUT2D eigenvalue weighted by Crippen LogP contribution is 2.28. The Balaban J connectivity index is 1.33. The number of halogens is 1. The number of hydrazone groups is 1. The van der Waals surface area contributed by atoms with E-state index in [0.29, 0.717) is 12.4 Å². The molecule has 3 aromatic rings. The number of hydrogen-bond donors (Lipinski definition) is 0. The molecule has 1 fully saturated rings. The second kappa shape index (κ2) is 10.2. The molecule has 1 aliphatic heterocycles. The number of methoxy groups -OCH3 is 1. The zero-order chi connectivity index (χ0) is 21.5. The predicted molar refractivity (Wildman–Crippen MR) is 127 cm³/mol. The Kier molecular flexibility index (Phi) is 6.95. The van der Waals surface area contributed by atoms with Crippen LogP contribution in [0.3, 0.4) is 0 Å². The highest BCUT2D eigenvalue weighted by atomic mass is 35.5. The van der Waals surface area contributed by atoms with Gasteiger partial charge in [-0.15, -0.1) is 0 Å². The number of rotatable bonds is 7. The third-order valence-electron chi connectivity index (χ3n) is 5.24. The van der Waals surface area contributed by atoms with Gasteiger partial charge in [0, 0.05) is 23.8 Å². The van der Waals surface area contributed by atoms with Gasteiger partial charge in [-0.25, -0.2) is 0 Å². The van der Waals surface area contributed by atoms with Crippen molar-refractivity contribution in [3.05, 3.63) is 88.9 Å². The van der Waals surface area contributed by atoms with Gasteiger partial charge in [0.05, 0.1) is 26.4 Å². The van der Waals surface area contributed by atoms with Gasteiger partial charge in [-0.05, 0) is 53.6 Å². The van der Waals surface area contributed by atoms with Crippen LogP contribution in [0, 0.1) is 0 Å². The van der Waals surface area contributed by atoms with E-state index >= 15 is 0 Å². The summed E-state index contributed by atoms with van der Waals surface area (Å²) in [7, 11) is 1.65. The number of ether oxygens (including phenoxy) is 2. The average Bonchev–Trinajstić information content (AvgIpc) is 2.83. The molecule has 0 radical (unpaired) electrons. The minimum atomic E-state index is 0.503. The first-order valence-corrected chi connectivity index (χ1v) is 10.7. The Morgan fingerprint density at radius 2 is 1.65 bits per heavy atom. The van der Waals surface area contributed by atoms with Crippen molar-refractivity contribution in [2.45, 2.75) is 6.61 Å². The summed E-state index contributed by atoms with van der Waals surface area (Å²) in [6.07, 6.45) is 1.88. The molecule has 3 aromatic carbocycles. The Bertz CT molecular complexity index is 1000. The lowest BCUT2D eigenvalue weighted by atomic mass is 10.2. The van der Waals surface area contributed by atoms with Crippen LogP contribution in [0.5, 0.6) is 11.5 Å². The molecule has 31 heavy (non-hydrogen) atoms. The zero-order valence-electron chi connectivity index (χ0n) is 17.6. The van der Waals surface area contributed by atoms with E-state index < -0.39 is 0 Å². The second-order valence-corrected chi connectivity index (χ2v) is 7.78. The van der Waals surface area contributed by atoms with Crippen LogP contribution in [0.2, 0.25) is 5.02 Å². The van der Waals surface area contributed by atoms with E-state index in [0.717, 1.165) is 48.1 Å². The van der Waals surface area contributed by atoms with Crippen molar-refractivity contribution in [2.75, 3.05) is 38.2 Å². The molecule has 0 N–H and O–H groups in total. The van der Waals surface area contributed by atoms with Crippen molar-refractivity contribution < 1.29 is 9.47 Å². The Morgan fingerprint density at radius 1 is 0.903 bits per heavy atom. The third kappa shape index (κ3) is 5.70. The van der Waals surface area contributed by atoms with Crippen LogP contribution in [-0.2, 0) is 6.61 Å². The standard InChI is InChI=1S/C25H26ClN3O2/c1-30-25-17-21(7-12-24(25)31-19-20-5-3-2-4-6-20)18-27-29-15-13-28(14-16-29)23-10-8-22(26)9-11-23/h2-12,17-18H,13-16,19H2,1H3/b27-18-. The van der Waals surface area contributed by atoms with E-state index in [1.807, 2.05) is 66.9 Å². The minimum absolute atomic E-state index is 0.503. The predicted octanol–water partition coefficient (Wildman–Crippen LogP) is 5.08. The summed E-state index contributed by atoms with van der Waals surface area (Å²) >= 11 is 5.99. The molecule has 0 spiro atoms. The summed E-state index contributed by atoms with van der Waals surface area (Å²) in [6, 6.07) is 24.0. The molecule has 160 valence electrons.